The van der Waals surface area contributed by atoms with Crippen molar-refractivity contribution in [1.82, 2.24) is 0 Å². The predicted octanol–water partition coefficient (Wildman–Crippen LogP) is 4.28. The Morgan fingerprint density at radius 1 is 1.16 bits per heavy atom. The summed E-state index contributed by atoms with van der Waals surface area (Å²) >= 11 is 1.28. The molecule has 0 atom stereocenters. The van der Waals surface area contributed by atoms with Gasteiger partial charge in [0, 0.05) is 10.8 Å². The van der Waals surface area contributed by atoms with Crippen LogP contribution in [-0.2, 0) is 9.53 Å². The van der Waals surface area contributed by atoms with Gasteiger partial charge in [-0.15, -0.1) is 11.3 Å². The van der Waals surface area contributed by atoms with Gasteiger partial charge in [0.15, 0.2) is 6.61 Å². The first-order valence-corrected chi connectivity index (χ1v) is 8.17. The molecular weight excluding hydrogens is 348 g/mol. The van der Waals surface area contributed by atoms with Gasteiger partial charge in [0.25, 0.3) is 5.91 Å². The summed E-state index contributed by atoms with van der Waals surface area (Å²) in [6.45, 7) is 1.24. The molecule has 0 unspecified atom stereocenters. The molecule has 1 amide bonds. The van der Waals surface area contributed by atoms with E-state index in [1.807, 2.05) is 31.2 Å². The third-order valence-electron chi connectivity index (χ3n) is 3.57. The van der Waals surface area contributed by atoms with Crippen LogP contribution >= 0.6 is 11.3 Å². The third kappa shape index (κ3) is 3.66. The minimum atomic E-state index is -0.903. The Labute approximate surface area is 146 Å². The lowest BCUT2D eigenvalue weighted by Gasteiger charge is -2.07. The second-order valence-corrected chi connectivity index (χ2v) is 6.35. The molecule has 1 heterocycles. The molecule has 0 radical (unpaired) electrons. The van der Waals surface area contributed by atoms with E-state index in [4.69, 9.17) is 4.74 Å². The summed E-state index contributed by atoms with van der Waals surface area (Å²) < 4.78 is 32.3. The predicted molar refractivity (Wildman–Crippen MR) is 91.8 cm³/mol. The number of aryl methyl sites for hydroxylation is 1. The Kier molecular flexibility index (Phi) is 4.76. The number of ether oxygens (including phenoxy) is 1. The molecule has 0 aliphatic rings. The number of carbonyl (C=O) groups excluding carboxylic acids is 2. The molecule has 0 saturated heterocycles. The van der Waals surface area contributed by atoms with Crippen molar-refractivity contribution in [3.63, 3.8) is 0 Å². The van der Waals surface area contributed by atoms with Crippen molar-refractivity contribution in [2.24, 2.45) is 0 Å². The fraction of sp³-hybridized carbons (Fsp3) is 0.111. The highest BCUT2D eigenvalue weighted by Gasteiger charge is 2.18. The summed E-state index contributed by atoms with van der Waals surface area (Å²) in [5, 5.41) is 3.19. The number of amides is 1. The molecule has 3 aromatic rings. The minimum Gasteiger partial charge on any atom is -0.451 e. The highest BCUT2D eigenvalue weighted by molar-refractivity contribution is 7.21. The standard InChI is InChI=1S/C18H13F2NO3S/c1-10-12-4-2-3-5-15(12)25-17(10)18(23)24-9-16(22)21-14-7-6-11(19)8-13(14)20/h2-8H,9H2,1H3,(H,21,22). The van der Waals surface area contributed by atoms with E-state index in [0.29, 0.717) is 10.9 Å². The number of thiophene rings is 1. The molecule has 3 rings (SSSR count). The number of rotatable bonds is 4. The Bertz CT molecular complexity index is 968. The van der Waals surface area contributed by atoms with Crippen molar-refractivity contribution in [3.05, 3.63) is 64.5 Å². The summed E-state index contributed by atoms with van der Waals surface area (Å²) in [6.07, 6.45) is 0. The van der Waals surface area contributed by atoms with E-state index >= 15 is 0 Å². The molecule has 25 heavy (non-hydrogen) atoms. The first-order valence-electron chi connectivity index (χ1n) is 7.36. The number of esters is 1. The van der Waals surface area contributed by atoms with E-state index in [2.05, 4.69) is 5.32 Å². The van der Waals surface area contributed by atoms with Crippen molar-refractivity contribution < 1.29 is 23.1 Å². The minimum absolute atomic E-state index is 0.180. The maximum Gasteiger partial charge on any atom is 0.349 e. The van der Waals surface area contributed by atoms with E-state index in [0.717, 1.165) is 27.8 Å². The average Bonchev–Trinajstić information content (AvgIpc) is 2.93. The molecule has 0 fully saturated rings. The van der Waals surface area contributed by atoms with E-state index in [1.54, 1.807) is 0 Å². The fourth-order valence-corrected chi connectivity index (χ4v) is 3.45. The van der Waals surface area contributed by atoms with Crippen molar-refractivity contribution in [3.8, 4) is 0 Å². The van der Waals surface area contributed by atoms with Crippen LogP contribution in [0.25, 0.3) is 10.1 Å². The molecule has 128 valence electrons. The largest absolute Gasteiger partial charge is 0.451 e. The number of nitrogens with one attached hydrogen (secondary N) is 1. The molecular formula is C18H13F2NO3S. The smallest absolute Gasteiger partial charge is 0.349 e. The average molecular weight is 361 g/mol. The lowest BCUT2D eigenvalue weighted by Crippen LogP contribution is -2.21. The quantitative estimate of drug-likeness (QED) is 0.706. The van der Waals surface area contributed by atoms with Crippen LogP contribution < -0.4 is 5.32 Å². The van der Waals surface area contributed by atoms with Crippen molar-refractivity contribution >= 4 is 39.0 Å². The summed E-state index contributed by atoms with van der Waals surface area (Å²) in [5.41, 5.74) is 0.607. The molecule has 1 N–H and O–H groups in total. The van der Waals surface area contributed by atoms with Crippen molar-refractivity contribution in [2.75, 3.05) is 11.9 Å². The molecule has 0 saturated carbocycles. The SMILES string of the molecule is Cc1c(C(=O)OCC(=O)Nc2ccc(F)cc2F)sc2ccccc12. The maximum absolute atomic E-state index is 13.5. The maximum atomic E-state index is 13.5. The Balaban J connectivity index is 1.65. The monoisotopic (exact) mass is 361 g/mol. The van der Waals surface area contributed by atoms with Crippen LogP contribution in [0, 0.1) is 18.6 Å². The van der Waals surface area contributed by atoms with Gasteiger partial charge in [0.2, 0.25) is 0 Å². The van der Waals surface area contributed by atoms with E-state index in [9.17, 15) is 18.4 Å². The Hall–Kier alpha value is -2.80. The zero-order chi connectivity index (χ0) is 18.0. The first kappa shape index (κ1) is 17.0. The van der Waals surface area contributed by atoms with Crippen LogP contribution in [0.3, 0.4) is 0 Å². The van der Waals surface area contributed by atoms with E-state index in [1.165, 1.54) is 11.3 Å². The van der Waals surface area contributed by atoms with Crippen LogP contribution in [0.2, 0.25) is 0 Å². The number of fused-ring (bicyclic) bond motifs is 1. The lowest BCUT2D eigenvalue weighted by atomic mass is 10.1. The molecule has 0 aliphatic heterocycles. The fourth-order valence-electron chi connectivity index (χ4n) is 2.34. The molecule has 0 spiro atoms. The van der Waals surface area contributed by atoms with E-state index in [-0.39, 0.29) is 5.69 Å². The molecule has 1 aromatic heterocycles. The van der Waals surface area contributed by atoms with Crippen LogP contribution in [0.4, 0.5) is 14.5 Å². The van der Waals surface area contributed by atoms with Gasteiger partial charge in [-0.2, -0.15) is 0 Å². The Morgan fingerprint density at radius 2 is 1.92 bits per heavy atom. The number of hydrogen-bond donors (Lipinski definition) is 1. The van der Waals surface area contributed by atoms with Crippen molar-refractivity contribution in [2.45, 2.75) is 6.92 Å². The molecule has 4 nitrogen and oxygen atoms in total. The van der Waals surface area contributed by atoms with Crippen LogP contribution in [-0.4, -0.2) is 18.5 Å². The highest BCUT2D eigenvalue weighted by atomic mass is 32.1. The van der Waals surface area contributed by atoms with Gasteiger partial charge in [-0.1, -0.05) is 18.2 Å². The number of benzene rings is 2. The zero-order valence-electron chi connectivity index (χ0n) is 13.1. The van der Waals surface area contributed by atoms with Crippen LogP contribution in [0.5, 0.6) is 0 Å². The Morgan fingerprint density at radius 3 is 2.64 bits per heavy atom. The molecule has 0 bridgehead atoms. The van der Waals surface area contributed by atoms with Crippen LogP contribution in [0.1, 0.15) is 15.2 Å². The second kappa shape index (κ2) is 6.98. The van der Waals surface area contributed by atoms with Gasteiger partial charge >= 0.3 is 5.97 Å². The molecule has 7 heteroatoms. The third-order valence-corrected chi connectivity index (χ3v) is 4.82. The first-order chi connectivity index (χ1) is 12.0. The van der Waals surface area contributed by atoms with Crippen LogP contribution in [0.15, 0.2) is 42.5 Å². The summed E-state index contributed by atoms with van der Waals surface area (Å²) in [5.74, 6) is -2.98. The van der Waals surface area contributed by atoms with Gasteiger partial charge in [0.1, 0.15) is 16.5 Å². The van der Waals surface area contributed by atoms with Gasteiger partial charge in [-0.05, 0) is 36.1 Å². The van der Waals surface area contributed by atoms with E-state index < -0.39 is 30.1 Å². The molecule has 2 aromatic carbocycles. The topological polar surface area (TPSA) is 55.4 Å². The second-order valence-electron chi connectivity index (χ2n) is 5.30. The molecule has 0 aliphatic carbocycles. The zero-order valence-corrected chi connectivity index (χ0v) is 14.0. The number of anilines is 1. The van der Waals surface area contributed by atoms with Gasteiger partial charge < -0.3 is 10.1 Å². The number of halogens is 2. The summed E-state index contributed by atoms with van der Waals surface area (Å²) in [7, 11) is 0. The highest BCUT2D eigenvalue weighted by Crippen LogP contribution is 2.30. The summed E-state index contributed by atoms with van der Waals surface area (Å²) in [6, 6.07) is 10.3. The number of carbonyl (C=O) groups is 2. The van der Waals surface area contributed by atoms with Gasteiger partial charge in [0.05, 0.1) is 5.69 Å². The van der Waals surface area contributed by atoms with Crippen molar-refractivity contribution in [1.29, 1.82) is 0 Å². The van der Waals surface area contributed by atoms with Gasteiger partial charge in [-0.3, -0.25) is 4.79 Å². The normalized spacial score (nSPS) is 10.7. The van der Waals surface area contributed by atoms with Gasteiger partial charge in [-0.25, -0.2) is 13.6 Å². The number of hydrogen-bond acceptors (Lipinski definition) is 4. The summed E-state index contributed by atoms with van der Waals surface area (Å²) in [4.78, 5) is 24.4. The lowest BCUT2D eigenvalue weighted by molar-refractivity contribution is -0.119.